The zero-order chi connectivity index (χ0) is 19.4. The van der Waals surface area contributed by atoms with E-state index < -0.39 is 10.0 Å². The molecule has 148 valence electrons. The molecule has 1 saturated heterocycles. The summed E-state index contributed by atoms with van der Waals surface area (Å²) in [6.07, 6.45) is 7.93. The summed E-state index contributed by atoms with van der Waals surface area (Å²) < 4.78 is 30.2. The molecular formula is C20H30N4O2S. The van der Waals surface area contributed by atoms with Crippen LogP contribution in [0.25, 0.3) is 5.69 Å². The molecule has 1 fully saturated rings. The fraction of sp³-hybridized carbons (Fsp3) is 0.550. The Balaban J connectivity index is 1.69. The monoisotopic (exact) mass is 390 g/mol. The number of nitrogens with one attached hydrogen (secondary N) is 1. The molecule has 0 saturated carbocycles. The van der Waals surface area contributed by atoms with Crippen molar-refractivity contribution in [2.24, 2.45) is 0 Å². The third-order valence-corrected chi connectivity index (χ3v) is 6.94. The fourth-order valence-electron chi connectivity index (χ4n) is 3.89. The first kappa shape index (κ1) is 20.0. The van der Waals surface area contributed by atoms with E-state index in [-0.39, 0.29) is 0 Å². The fourth-order valence-corrected chi connectivity index (χ4v) is 5.20. The molecule has 7 heteroatoms. The van der Waals surface area contributed by atoms with Crippen LogP contribution in [0, 0.1) is 6.92 Å². The predicted octanol–water partition coefficient (Wildman–Crippen LogP) is 3.11. The average Bonchev–Trinajstić information content (AvgIpc) is 3.17. The van der Waals surface area contributed by atoms with Crippen molar-refractivity contribution in [1.82, 2.24) is 19.4 Å². The first-order valence-electron chi connectivity index (χ1n) is 9.74. The Morgan fingerprint density at radius 1 is 1.30 bits per heavy atom. The van der Waals surface area contributed by atoms with Crippen molar-refractivity contribution in [3.05, 3.63) is 42.2 Å². The molecule has 1 aromatic carbocycles. The standard InChI is InChI=1S/C20H30N4O2S/c1-16(2)23-13-5-4-7-18(23)10-12-22-27(25,26)20-15-19(9-8-17(20)3)24-14-6-11-21-24/h6,8-9,11,14-16,18,22H,4-5,7,10,12-13H2,1-3H3. The van der Waals surface area contributed by atoms with Crippen molar-refractivity contribution >= 4 is 10.0 Å². The van der Waals surface area contributed by atoms with Crippen LogP contribution < -0.4 is 4.72 Å². The third-order valence-electron chi connectivity index (χ3n) is 5.34. The van der Waals surface area contributed by atoms with Gasteiger partial charge in [0.05, 0.1) is 10.6 Å². The molecule has 1 N–H and O–H groups in total. The van der Waals surface area contributed by atoms with E-state index in [4.69, 9.17) is 0 Å². The smallest absolute Gasteiger partial charge is 0.240 e. The number of nitrogens with zero attached hydrogens (tertiary/aromatic N) is 3. The largest absolute Gasteiger partial charge is 0.298 e. The van der Waals surface area contributed by atoms with Crippen LogP contribution in [0.15, 0.2) is 41.6 Å². The van der Waals surface area contributed by atoms with Crippen molar-refractivity contribution in [1.29, 1.82) is 0 Å². The van der Waals surface area contributed by atoms with Gasteiger partial charge in [-0.25, -0.2) is 17.8 Å². The molecule has 2 heterocycles. The first-order valence-corrected chi connectivity index (χ1v) is 11.2. The number of aromatic nitrogens is 2. The van der Waals surface area contributed by atoms with Gasteiger partial charge in [0.1, 0.15) is 0 Å². The minimum absolute atomic E-state index is 0.319. The third kappa shape index (κ3) is 4.78. The van der Waals surface area contributed by atoms with Gasteiger partial charge in [-0.05, 0) is 70.3 Å². The van der Waals surface area contributed by atoms with Crippen molar-refractivity contribution in [2.75, 3.05) is 13.1 Å². The normalized spacial score (nSPS) is 18.9. The molecule has 1 unspecified atom stereocenters. The number of hydrogen-bond donors (Lipinski definition) is 1. The molecule has 1 aromatic heterocycles. The minimum atomic E-state index is -3.55. The highest BCUT2D eigenvalue weighted by Crippen LogP contribution is 2.23. The van der Waals surface area contributed by atoms with Crippen LogP contribution in [0.1, 0.15) is 45.1 Å². The Bertz CT molecular complexity index is 847. The average molecular weight is 391 g/mol. The topological polar surface area (TPSA) is 67.2 Å². The molecule has 0 spiro atoms. The van der Waals surface area contributed by atoms with Gasteiger partial charge in [0.2, 0.25) is 10.0 Å². The molecule has 2 aromatic rings. The summed E-state index contributed by atoms with van der Waals surface area (Å²) >= 11 is 0. The van der Waals surface area contributed by atoms with E-state index in [1.807, 2.05) is 25.1 Å². The van der Waals surface area contributed by atoms with Crippen LogP contribution in [-0.4, -0.2) is 48.3 Å². The molecule has 1 aliphatic rings. The lowest BCUT2D eigenvalue weighted by molar-refractivity contribution is 0.106. The maximum absolute atomic E-state index is 12.9. The van der Waals surface area contributed by atoms with Crippen molar-refractivity contribution in [2.45, 2.75) is 63.4 Å². The molecule has 0 radical (unpaired) electrons. The number of aryl methyl sites for hydroxylation is 1. The summed E-state index contributed by atoms with van der Waals surface area (Å²) in [5, 5.41) is 4.18. The van der Waals surface area contributed by atoms with Crippen molar-refractivity contribution < 1.29 is 8.42 Å². The Morgan fingerprint density at radius 2 is 2.11 bits per heavy atom. The number of sulfonamides is 1. The number of benzene rings is 1. The number of likely N-dealkylation sites (tertiary alicyclic amines) is 1. The summed E-state index contributed by atoms with van der Waals surface area (Å²) in [7, 11) is -3.55. The van der Waals surface area contributed by atoms with E-state index in [2.05, 4.69) is 28.6 Å². The van der Waals surface area contributed by atoms with Crippen LogP contribution in [0.3, 0.4) is 0 Å². The lowest BCUT2D eigenvalue weighted by Crippen LogP contribution is -2.45. The molecule has 1 aliphatic heterocycles. The van der Waals surface area contributed by atoms with E-state index in [1.54, 1.807) is 23.1 Å². The summed E-state index contributed by atoms with van der Waals surface area (Å²) in [4.78, 5) is 2.82. The van der Waals surface area contributed by atoms with Gasteiger partial charge in [-0.3, -0.25) is 4.90 Å². The maximum atomic E-state index is 12.9. The summed E-state index contributed by atoms with van der Waals surface area (Å²) in [6, 6.07) is 8.16. The molecule has 0 bridgehead atoms. The number of hydrogen-bond acceptors (Lipinski definition) is 4. The lowest BCUT2D eigenvalue weighted by atomic mass is 9.98. The van der Waals surface area contributed by atoms with Gasteiger partial charge >= 0.3 is 0 Å². The quantitative estimate of drug-likeness (QED) is 0.789. The van der Waals surface area contributed by atoms with Crippen molar-refractivity contribution in [3.63, 3.8) is 0 Å². The predicted molar refractivity (Wildman–Crippen MR) is 108 cm³/mol. The van der Waals surface area contributed by atoms with Gasteiger partial charge in [0, 0.05) is 31.0 Å². The Kier molecular flexibility index (Phi) is 6.34. The highest BCUT2D eigenvalue weighted by Gasteiger charge is 2.25. The van der Waals surface area contributed by atoms with Gasteiger partial charge in [0.25, 0.3) is 0 Å². The second kappa shape index (κ2) is 8.54. The maximum Gasteiger partial charge on any atom is 0.240 e. The minimum Gasteiger partial charge on any atom is -0.298 e. The Hall–Kier alpha value is -1.70. The Labute approximate surface area is 162 Å². The van der Waals surface area contributed by atoms with E-state index in [0.29, 0.717) is 23.5 Å². The highest BCUT2D eigenvalue weighted by molar-refractivity contribution is 7.89. The summed E-state index contributed by atoms with van der Waals surface area (Å²) in [6.45, 7) is 7.82. The molecule has 6 nitrogen and oxygen atoms in total. The number of piperidine rings is 1. The van der Waals surface area contributed by atoms with Gasteiger partial charge in [-0.1, -0.05) is 12.5 Å². The first-order chi connectivity index (χ1) is 12.9. The zero-order valence-corrected chi connectivity index (χ0v) is 17.2. The number of rotatable bonds is 7. The van der Waals surface area contributed by atoms with Crippen LogP contribution >= 0.6 is 0 Å². The summed E-state index contributed by atoms with van der Waals surface area (Å²) in [5.41, 5.74) is 1.48. The van der Waals surface area contributed by atoms with Crippen LogP contribution in [0.2, 0.25) is 0 Å². The van der Waals surface area contributed by atoms with E-state index >= 15 is 0 Å². The zero-order valence-electron chi connectivity index (χ0n) is 16.4. The molecule has 0 amide bonds. The van der Waals surface area contributed by atoms with E-state index in [9.17, 15) is 8.42 Å². The van der Waals surface area contributed by atoms with Gasteiger partial charge in [0.15, 0.2) is 0 Å². The van der Waals surface area contributed by atoms with Crippen molar-refractivity contribution in [3.8, 4) is 5.69 Å². The Morgan fingerprint density at radius 3 is 2.81 bits per heavy atom. The van der Waals surface area contributed by atoms with Gasteiger partial charge < -0.3 is 0 Å². The SMILES string of the molecule is Cc1ccc(-n2cccn2)cc1S(=O)(=O)NCCC1CCCCN1C(C)C. The second-order valence-electron chi connectivity index (χ2n) is 7.57. The van der Waals surface area contributed by atoms with Crippen LogP contribution in [-0.2, 0) is 10.0 Å². The molecule has 0 aliphatic carbocycles. The van der Waals surface area contributed by atoms with E-state index in [0.717, 1.165) is 30.6 Å². The molecule has 3 rings (SSSR count). The highest BCUT2D eigenvalue weighted by atomic mass is 32.2. The molecule has 27 heavy (non-hydrogen) atoms. The molecular weight excluding hydrogens is 360 g/mol. The lowest BCUT2D eigenvalue weighted by Gasteiger charge is -2.38. The van der Waals surface area contributed by atoms with Crippen LogP contribution in [0.4, 0.5) is 0 Å². The van der Waals surface area contributed by atoms with Gasteiger partial charge in [-0.15, -0.1) is 0 Å². The second-order valence-corrected chi connectivity index (χ2v) is 9.30. The molecule has 1 atom stereocenters. The summed E-state index contributed by atoms with van der Waals surface area (Å²) in [5.74, 6) is 0. The van der Waals surface area contributed by atoms with Crippen LogP contribution in [0.5, 0.6) is 0 Å². The van der Waals surface area contributed by atoms with E-state index in [1.165, 1.54) is 12.8 Å². The van der Waals surface area contributed by atoms with Gasteiger partial charge in [-0.2, -0.15) is 5.10 Å².